The molecule has 0 aliphatic rings. The molecular weight excluding hydrogens is 513 g/mol. The molecule has 0 fully saturated rings. The minimum Gasteiger partial charge on any atom is -0.495 e. The Morgan fingerprint density at radius 1 is 1.11 bits per heavy atom. The summed E-state index contributed by atoms with van der Waals surface area (Å²) in [5, 5.41) is 3.54. The number of amides is 2. The van der Waals surface area contributed by atoms with Crippen molar-refractivity contribution in [3.8, 4) is 5.75 Å². The van der Waals surface area contributed by atoms with E-state index in [1.807, 2.05) is 20.8 Å². The van der Waals surface area contributed by atoms with Crippen molar-refractivity contribution < 1.29 is 22.7 Å². The molecule has 0 saturated carbocycles. The zero-order valence-corrected chi connectivity index (χ0v) is 23.0. The van der Waals surface area contributed by atoms with Gasteiger partial charge >= 0.3 is 0 Å². The van der Waals surface area contributed by atoms with Crippen LogP contribution in [-0.2, 0) is 26.2 Å². The smallest absolute Gasteiger partial charge is 0.244 e. The lowest BCUT2D eigenvalue weighted by Gasteiger charge is -2.33. The highest BCUT2D eigenvalue weighted by Crippen LogP contribution is 2.30. The quantitative estimate of drug-likeness (QED) is 0.513. The first-order valence-electron chi connectivity index (χ1n) is 10.8. The van der Waals surface area contributed by atoms with Gasteiger partial charge in [-0.1, -0.05) is 35.3 Å². The molecule has 2 amide bonds. The van der Waals surface area contributed by atoms with Crippen molar-refractivity contribution >= 4 is 50.7 Å². The third-order valence-electron chi connectivity index (χ3n) is 5.01. The van der Waals surface area contributed by atoms with Gasteiger partial charge in [0.1, 0.15) is 18.3 Å². The lowest BCUT2D eigenvalue weighted by Crippen LogP contribution is -2.54. The molecule has 0 aliphatic carbocycles. The van der Waals surface area contributed by atoms with E-state index in [9.17, 15) is 18.0 Å². The molecule has 1 N–H and O–H groups in total. The van der Waals surface area contributed by atoms with Crippen molar-refractivity contribution in [1.29, 1.82) is 0 Å². The highest BCUT2D eigenvalue weighted by molar-refractivity contribution is 7.92. The summed E-state index contributed by atoms with van der Waals surface area (Å²) in [5.41, 5.74) is 0.371. The number of rotatable bonds is 9. The molecule has 192 valence electrons. The first-order valence-corrected chi connectivity index (χ1v) is 13.4. The van der Waals surface area contributed by atoms with Gasteiger partial charge in [-0.25, -0.2) is 8.42 Å². The maximum Gasteiger partial charge on any atom is 0.244 e. The zero-order chi connectivity index (χ0) is 26.6. The van der Waals surface area contributed by atoms with Gasteiger partial charge in [0.15, 0.2) is 0 Å². The molecule has 8 nitrogen and oxygen atoms in total. The number of hydrogen-bond acceptors (Lipinski definition) is 5. The molecular formula is C24H31Cl2N3O5S. The third kappa shape index (κ3) is 8.30. The van der Waals surface area contributed by atoms with Crippen LogP contribution in [0.2, 0.25) is 10.0 Å². The van der Waals surface area contributed by atoms with Crippen LogP contribution in [0.3, 0.4) is 0 Å². The molecule has 1 atom stereocenters. The van der Waals surface area contributed by atoms with Crippen LogP contribution in [0.25, 0.3) is 0 Å². The van der Waals surface area contributed by atoms with E-state index >= 15 is 0 Å². The van der Waals surface area contributed by atoms with E-state index < -0.39 is 34.1 Å². The Hall–Kier alpha value is -2.49. The summed E-state index contributed by atoms with van der Waals surface area (Å²) in [6.45, 7) is 6.62. The fraction of sp³-hybridized carbons (Fsp3) is 0.417. The Balaban J connectivity index is 2.43. The van der Waals surface area contributed by atoms with E-state index in [4.69, 9.17) is 27.9 Å². The number of carbonyl (C=O) groups is 2. The molecule has 0 saturated heterocycles. The monoisotopic (exact) mass is 543 g/mol. The van der Waals surface area contributed by atoms with Gasteiger partial charge in [-0.15, -0.1) is 0 Å². The second-order valence-electron chi connectivity index (χ2n) is 9.16. The number of nitrogens with one attached hydrogen (secondary N) is 1. The molecule has 0 unspecified atom stereocenters. The predicted molar refractivity (Wildman–Crippen MR) is 140 cm³/mol. The first-order chi connectivity index (χ1) is 16.1. The van der Waals surface area contributed by atoms with Crippen LogP contribution in [0.1, 0.15) is 33.3 Å². The van der Waals surface area contributed by atoms with Crippen LogP contribution in [0.15, 0.2) is 42.5 Å². The summed E-state index contributed by atoms with van der Waals surface area (Å²) < 4.78 is 31.3. The maximum absolute atomic E-state index is 13.5. The normalized spacial score (nSPS) is 12.6. The number of carbonyl (C=O) groups excluding carboxylic acids is 2. The van der Waals surface area contributed by atoms with Gasteiger partial charge in [-0.2, -0.15) is 0 Å². The fourth-order valence-corrected chi connectivity index (χ4v) is 4.62. The first kappa shape index (κ1) is 28.7. The van der Waals surface area contributed by atoms with Gasteiger partial charge in [0.25, 0.3) is 0 Å². The van der Waals surface area contributed by atoms with Gasteiger partial charge in [0.05, 0.1) is 24.1 Å². The van der Waals surface area contributed by atoms with Crippen molar-refractivity contribution in [1.82, 2.24) is 10.2 Å². The zero-order valence-electron chi connectivity index (χ0n) is 20.6. The molecule has 0 spiro atoms. The van der Waals surface area contributed by atoms with Crippen molar-refractivity contribution in [2.24, 2.45) is 0 Å². The fourth-order valence-electron chi connectivity index (χ4n) is 3.31. The number of nitrogens with zero attached hydrogens (tertiary/aromatic N) is 2. The van der Waals surface area contributed by atoms with Gasteiger partial charge in [-0.05, 0) is 63.6 Å². The number of sulfonamides is 1. The lowest BCUT2D eigenvalue weighted by molar-refractivity contribution is -0.140. The second-order valence-corrected chi connectivity index (χ2v) is 11.9. The van der Waals surface area contributed by atoms with Gasteiger partial charge in [-0.3, -0.25) is 13.9 Å². The molecule has 0 heterocycles. The summed E-state index contributed by atoms with van der Waals surface area (Å²) >= 11 is 12.3. The summed E-state index contributed by atoms with van der Waals surface area (Å²) in [5.74, 6) is -0.574. The topological polar surface area (TPSA) is 96.0 Å². The molecule has 35 heavy (non-hydrogen) atoms. The minimum atomic E-state index is -3.87. The number of benzene rings is 2. The van der Waals surface area contributed by atoms with E-state index in [1.165, 1.54) is 30.2 Å². The van der Waals surface area contributed by atoms with Crippen LogP contribution >= 0.6 is 23.2 Å². The highest BCUT2D eigenvalue weighted by Gasteiger charge is 2.31. The Bertz CT molecular complexity index is 1180. The van der Waals surface area contributed by atoms with Gasteiger partial charge in [0.2, 0.25) is 21.8 Å². The van der Waals surface area contributed by atoms with Crippen LogP contribution in [0.4, 0.5) is 5.69 Å². The SMILES string of the molecule is COc1ccc(N(CC(=O)N(Cc2cccc(Cl)c2)[C@@H](C)C(=O)NC(C)(C)C)S(C)(=O)=O)cc1Cl. The summed E-state index contributed by atoms with van der Waals surface area (Å²) in [4.78, 5) is 27.8. The molecule has 0 aliphatic heterocycles. The number of anilines is 1. The third-order valence-corrected chi connectivity index (χ3v) is 6.68. The van der Waals surface area contributed by atoms with Crippen LogP contribution in [0.5, 0.6) is 5.75 Å². The molecule has 0 radical (unpaired) electrons. The van der Waals surface area contributed by atoms with E-state index in [1.54, 1.807) is 31.2 Å². The number of hydrogen-bond donors (Lipinski definition) is 1. The van der Waals surface area contributed by atoms with E-state index in [0.29, 0.717) is 16.3 Å². The average molecular weight is 545 g/mol. The highest BCUT2D eigenvalue weighted by atomic mass is 35.5. The Morgan fingerprint density at radius 2 is 1.77 bits per heavy atom. The van der Waals surface area contributed by atoms with Crippen LogP contribution in [-0.4, -0.2) is 56.6 Å². The van der Waals surface area contributed by atoms with Crippen molar-refractivity contribution in [3.05, 3.63) is 58.1 Å². The molecule has 2 aromatic carbocycles. The molecule has 2 rings (SSSR count). The van der Waals surface area contributed by atoms with Crippen molar-refractivity contribution in [2.75, 3.05) is 24.2 Å². The molecule has 11 heteroatoms. The summed E-state index contributed by atoms with van der Waals surface area (Å²) in [7, 11) is -2.43. The molecule has 0 bridgehead atoms. The minimum absolute atomic E-state index is 0.0547. The van der Waals surface area contributed by atoms with Crippen LogP contribution in [0, 0.1) is 0 Å². The Morgan fingerprint density at radius 3 is 2.29 bits per heavy atom. The van der Waals surface area contributed by atoms with Gasteiger partial charge in [0, 0.05) is 17.1 Å². The van der Waals surface area contributed by atoms with Crippen LogP contribution < -0.4 is 14.4 Å². The molecule has 2 aromatic rings. The second kappa shape index (κ2) is 11.5. The summed E-state index contributed by atoms with van der Waals surface area (Å²) in [6.07, 6.45) is 0.996. The van der Waals surface area contributed by atoms with E-state index in [-0.39, 0.29) is 23.2 Å². The Kier molecular flexibility index (Phi) is 9.44. The van der Waals surface area contributed by atoms with Crippen molar-refractivity contribution in [2.45, 2.75) is 45.8 Å². The number of ether oxygens (including phenoxy) is 1. The van der Waals surface area contributed by atoms with Crippen molar-refractivity contribution in [3.63, 3.8) is 0 Å². The van der Waals surface area contributed by atoms with E-state index in [2.05, 4.69) is 5.32 Å². The Labute approximate surface area is 217 Å². The van der Waals surface area contributed by atoms with E-state index in [0.717, 1.165) is 10.6 Å². The number of halogens is 2. The predicted octanol–water partition coefficient (Wildman–Crippen LogP) is 4.10. The number of methoxy groups -OCH3 is 1. The largest absolute Gasteiger partial charge is 0.495 e. The summed E-state index contributed by atoms with van der Waals surface area (Å²) in [6, 6.07) is 10.4. The maximum atomic E-state index is 13.5. The lowest BCUT2D eigenvalue weighted by atomic mass is 10.1. The standard InChI is InChI=1S/C24H31Cl2N3O5S/c1-16(23(31)27-24(2,3)4)28(14-17-8-7-9-18(25)12-17)22(30)15-29(35(6,32)33)19-10-11-21(34-5)20(26)13-19/h7-13,16H,14-15H2,1-6H3,(H,27,31)/t16-/m0/s1. The molecule has 0 aromatic heterocycles. The average Bonchev–Trinajstić information content (AvgIpc) is 2.73. The van der Waals surface area contributed by atoms with Gasteiger partial charge < -0.3 is 15.0 Å².